The Bertz CT molecular complexity index is 1790. The van der Waals surface area contributed by atoms with Crippen LogP contribution in [-0.2, 0) is 21.4 Å². The Hall–Kier alpha value is -4.81. The molecule has 1 aliphatic heterocycles. The number of carbonyl (C=O) groups is 1. The minimum absolute atomic E-state index is 0.0811. The number of halogens is 2. The van der Waals surface area contributed by atoms with Gasteiger partial charge in [-0.15, -0.1) is 0 Å². The quantitative estimate of drug-likeness (QED) is 0.178. The lowest BCUT2D eigenvalue weighted by molar-refractivity contribution is -0.119. The molecule has 4 aromatic carbocycles. The fourth-order valence-corrected chi connectivity index (χ4v) is 5.86. The largest absolute Gasteiger partial charge is 0.493 e. The zero-order valence-electron chi connectivity index (χ0n) is 23.4. The molecule has 1 N–H and O–H groups in total. The summed E-state index contributed by atoms with van der Waals surface area (Å²) in [6, 6.07) is 21.3. The number of carbonyl (C=O) groups excluding carboxylic acids is 1. The Morgan fingerprint density at radius 3 is 2.50 bits per heavy atom. The van der Waals surface area contributed by atoms with Crippen molar-refractivity contribution in [2.75, 3.05) is 31.2 Å². The Morgan fingerprint density at radius 1 is 1.00 bits per heavy atom. The van der Waals surface area contributed by atoms with Crippen LogP contribution in [0.3, 0.4) is 0 Å². The highest BCUT2D eigenvalue weighted by molar-refractivity contribution is 7.92. The van der Waals surface area contributed by atoms with Crippen LogP contribution in [0.4, 0.5) is 10.1 Å². The fourth-order valence-electron chi connectivity index (χ4n) is 4.23. The van der Waals surface area contributed by atoms with Crippen molar-refractivity contribution < 1.29 is 36.6 Å². The number of hydrazone groups is 1. The van der Waals surface area contributed by atoms with Crippen LogP contribution >= 0.6 is 11.6 Å². The first kappa shape index (κ1) is 30.6. The van der Waals surface area contributed by atoms with Crippen molar-refractivity contribution in [3.63, 3.8) is 0 Å². The SMILES string of the molecule is COc1cc(/C=N\NC(=O)CN(c2ccc(F)cc2)S(=O)(=O)c2ccc3c(c2)OCCO3)ccc1OCc1ccccc1Cl. The summed E-state index contributed by atoms with van der Waals surface area (Å²) in [6.45, 7) is 0.204. The van der Waals surface area contributed by atoms with Gasteiger partial charge in [0.05, 0.1) is 23.9 Å². The summed E-state index contributed by atoms with van der Waals surface area (Å²) in [6.07, 6.45) is 1.37. The van der Waals surface area contributed by atoms with Crippen molar-refractivity contribution >= 4 is 39.4 Å². The first-order valence-electron chi connectivity index (χ1n) is 13.3. The van der Waals surface area contributed by atoms with Gasteiger partial charge in [0.2, 0.25) is 0 Å². The molecule has 44 heavy (non-hydrogen) atoms. The minimum atomic E-state index is -4.29. The van der Waals surface area contributed by atoms with Gasteiger partial charge in [-0.25, -0.2) is 18.2 Å². The van der Waals surface area contributed by atoms with Gasteiger partial charge in [-0.3, -0.25) is 9.10 Å². The molecule has 1 heterocycles. The normalized spacial score (nSPS) is 12.5. The van der Waals surface area contributed by atoms with Crippen molar-refractivity contribution in [3.8, 4) is 23.0 Å². The van der Waals surface area contributed by atoms with Crippen LogP contribution in [0, 0.1) is 5.82 Å². The maximum atomic E-state index is 13.7. The Morgan fingerprint density at radius 2 is 1.75 bits per heavy atom. The fraction of sp³-hybridized carbons (Fsp3) is 0.161. The van der Waals surface area contributed by atoms with E-state index in [0.717, 1.165) is 22.0 Å². The molecule has 0 saturated carbocycles. The Labute approximate surface area is 258 Å². The molecular weight excluding hydrogens is 613 g/mol. The maximum Gasteiger partial charge on any atom is 0.264 e. The number of ether oxygens (including phenoxy) is 4. The van der Waals surface area contributed by atoms with Crippen molar-refractivity contribution in [1.29, 1.82) is 0 Å². The lowest BCUT2D eigenvalue weighted by Crippen LogP contribution is -2.39. The third-order valence-corrected chi connectivity index (χ3v) is 8.57. The van der Waals surface area contributed by atoms with Crippen molar-refractivity contribution in [1.82, 2.24) is 5.43 Å². The van der Waals surface area contributed by atoms with E-state index in [2.05, 4.69) is 10.5 Å². The first-order valence-corrected chi connectivity index (χ1v) is 15.1. The van der Waals surface area contributed by atoms with Gasteiger partial charge in [0, 0.05) is 16.7 Å². The van der Waals surface area contributed by atoms with Crippen LogP contribution in [0.2, 0.25) is 5.02 Å². The summed E-state index contributed by atoms with van der Waals surface area (Å²) in [5.41, 5.74) is 3.81. The van der Waals surface area contributed by atoms with E-state index in [1.54, 1.807) is 24.3 Å². The van der Waals surface area contributed by atoms with Gasteiger partial charge in [-0.2, -0.15) is 5.10 Å². The lowest BCUT2D eigenvalue weighted by atomic mass is 10.2. The number of amides is 1. The number of methoxy groups -OCH3 is 1. The lowest BCUT2D eigenvalue weighted by Gasteiger charge is -2.25. The molecule has 0 unspecified atom stereocenters. The van der Waals surface area contributed by atoms with Gasteiger partial charge >= 0.3 is 0 Å². The van der Waals surface area contributed by atoms with Crippen LogP contribution in [0.15, 0.2) is 94.9 Å². The number of sulfonamides is 1. The summed E-state index contributed by atoms with van der Waals surface area (Å²) in [7, 11) is -2.80. The highest BCUT2D eigenvalue weighted by Crippen LogP contribution is 2.34. The number of hydrogen-bond acceptors (Lipinski definition) is 8. The van der Waals surface area contributed by atoms with E-state index in [1.807, 2.05) is 18.2 Å². The number of fused-ring (bicyclic) bond motifs is 1. The molecule has 228 valence electrons. The second-order valence-corrected chi connectivity index (χ2v) is 11.6. The van der Waals surface area contributed by atoms with Crippen LogP contribution < -0.4 is 28.7 Å². The van der Waals surface area contributed by atoms with E-state index in [9.17, 15) is 17.6 Å². The Balaban J connectivity index is 1.29. The summed E-state index contributed by atoms with van der Waals surface area (Å²) in [4.78, 5) is 12.8. The standard InChI is InChI=1S/C31H27ClFN3O7S/c1-40-29-16-21(6-12-27(29)43-20-22-4-2-3-5-26(22)32)18-34-35-31(37)19-36(24-9-7-23(33)8-10-24)44(38,39)25-11-13-28-30(17-25)42-15-14-41-28/h2-13,16-18H,14-15,19-20H2,1H3,(H,35,37)/b34-18-. The van der Waals surface area contributed by atoms with Crippen LogP contribution in [0.5, 0.6) is 23.0 Å². The van der Waals surface area contributed by atoms with Gasteiger partial charge in [-0.05, 0) is 66.2 Å². The molecule has 0 atom stereocenters. The second-order valence-electron chi connectivity index (χ2n) is 9.38. The monoisotopic (exact) mass is 639 g/mol. The first-order chi connectivity index (χ1) is 21.2. The third kappa shape index (κ3) is 7.21. The van der Waals surface area contributed by atoms with Gasteiger partial charge in [0.1, 0.15) is 32.2 Å². The molecule has 1 amide bonds. The molecule has 13 heteroatoms. The number of benzene rings is 4. The van der Waals surface area contributed by atoms with Gasteiger partial charge in [0.25, 0.3) is 15.9 Å². The third-order valence-electron chi connectivity index (χ3n) is 6.44. The van der Waals surface area contributed by atoms with Crippen molar-refractivity contribution in [3.05, 3.63) is 107 Å². The van der Waals surface area contributed by atoms with Crippen LogP contribution in [-0.4, -0.2) is 47.4 Å². The van der Waals surface area contributed by atoms with Gasteiger partial charge in [0.15, 0.2) is 23.0 Å². The van der Waals surface area contributed by atoms with E-state index >= 15 is 0 Å². The maximum absolute atomic E-state index is 13.7. The number of anilines is 1. The molecule has 0 fully saturated rings. The molecule has 0 saturated heterocycles. The number of nitrogens with zero attached hydrogens (tertiary/aromatic N) is 2. The predicted octanol–water partition coefficient (Wildman–Crippen LogP) is 5.18. The minimum Gasteiger partial charge on any atom is -0.493 e. The predicted molar refractivity (Wildman–Crippen MR) is 163 cm³/mol. The van der Waals surface area contributed by atoms with Gasteiger partial charge < -0.3 is 18.9 Å². The van der Waals surface area contributed by atoms with E-state index in [0.29, 0.717) is 34.4 Å². The van der Waals surface area contributed by atoms with E-state index in [-0.39, 0.29) is 29.5 Å². The molecule has 4 aromatic rings. The molecular formula is C31H27ClFN3O7S. The number of hydrogen-bond donors (Lipinski definition) is 1. The molecule has 10 nitrogen and oxygen atoms in total. The van der Waals surface area contributed by atoms with E-state index < -0.39 is 28.3 Å². The molecule has 5 rings (SSSR count). The van der Waals surface area contributed by atoms with E-state index in [4.69, 9.17) is 30.5 Å². The average molecular weight is 640 g/mol. The topological polar surface area (TPSA) is 116 Å². The smallest absolute Gasteiger partial charge is 0.264 e. The molecule has 1 aliphatic rings. The molecule has 0 radical (unpaired) electrons. The average Bonchev–Trinajstić information content (AvgIpc) is 3.03. The molecule has 0 bridgehead atoms. The second kappa shape index (κ2) is 13.7. The van der Waals surface area contributed by atoms with Crippen molar-refractivity contribution in [2.24, 2.45) is 5.10 Å². The number of rotatable bonds is 11. The highest BCUT2D eigenvalue weighted by Gasteiger charge is 2.29. The van der Waals surface area contributed by atoms with Crippen molar-refractivity contribution in [2.45, 2.75) is 11.5 Å². The summed E-state index contributed by atoms with van der Waals surface area (Å²) in [5, 5.41) is 4.55. The summed E-state index contributed by atoms with van der Waals surface area (Å²) in [5.74, 6) is 0.287. The Kier molecular flexibility index (Phi) is 9.51. The molecule has 0 spiro atoms. The highest BCUT2D eigenvalue weighted by atomic mass is 35.5. The summed E-state index contributed by atoms with van der Waals surface area (Å²) >= 11 is 6.20. The summed E-state index contributed by atoms with van der Waals surface area (Å²) < 4.78 is 64.2. The molecule has 0 aromatic heterocycles. The zero-order chi connectivity index (χ0) is 31.1. The van der Waals surface area contributed by atoms with E-state index in [1.165, 1.54) is 43.7 Å². The molecule has 0 aliphatic carbocycles. The number of nitrogens with one attached hydrogen (secondary N) is 1. The zero-order valence-corrected chi connectivity index (χ0v) is 25.0. The van der Waals surface area contributed by atoms with Gasteiger partial charge in [-0.1, -0.05) is 29.8 Å². The van der Waals surface area contributed by atoms with Crippen LogP contribution in [0.25, 0.3) is 0 Å². The van der Waals surface area contributed by atoms with Crippen LogP contribution in [0.1, 0.15) is 11.1 Å².